The van der Waals surface area contributed by atoms with Gasteiger partial charge in [0.2, 0.25) is 0 Å². The summed E-state index contributed by atoms with van der Waals surface area (Å²) in [5.74, 6) is 2.36. The maximum absolute atomic E-state index is 5.98. The summed E-state index contributed by atoms with van der Waals surface area (Å²) < 4.78 is 5.98. The number of benzene rings is 2. The highest BCUT2D eigenvalue weighted by Gasteiger charge is 2.10. The van der Waals surface area contributed by atoms with Crippen LogP contribution in [0, 0.1) is 6.92 Å². The third-order valence-electron chi connectivity index (χ3n) is 4.01. The molecule has 1 nitrogen and oxygen atoms in total. The molecule has 0 heterocycles. The fourth-order valence-electron chi connectivity index (χ4n) is 2.79. The van der Waals surface area contributed by atoms with Crippen molar-refractivity contribution in [2.45, 2.75) is 38.5 Å². The van der Waals surface area contributed by atoms with Gasteiger partial charge in [-0.3, -0.25) is 0 Å². The molecule has 0 radical (unpaired) electrons. The quantitative estimate of drug-likeness (QED) is 0.686. The Labute approximate surface area is 125 Å². The van der Waals surface area contributed by atoms with E-state index in [0.717, 1.165) is 17.1 Å². The third kappa shape index (κ3) is 2.83. The van der Waals surface area contributed by atoms with E-state index in [0.29, 0.717) is 5.88 Å². The van der Waals surface area contributed by atoms with Crippen molar-refractivity contribution in [3.8, 4) is 11.5 Å². The molecule has 0 unspecified atom stereocenters. The van der Waals surface area contributed by atoms with Gasteiger partial charge in [-0.2, -0.15) is 0 Å². The summed E-state index contributed by atoms with van der Waals surface area (Å²) in [6.07, 6.45) is 4.99. The molecule has 0 bridgehead atoms. The van der Waals surface area contributed by atoms with Gasteiger partial charge in [0, 0.05) is 5.88 Å². The number of hydrogen-bond donors (Lipinski definition) is 0. The zero-order valence-corrected chi connectivity index (χ0v) is 12.5. The fourth-order valence-corrected chi connectivity index (χ4v) is 3.09. The van der Waals surface area contributed by atoms with Crippen LogP contribution in [0.15, 0.2) is 36.4 Å². The van der Waals surface area contributed by atoms with Crippen LogP contribution in [0.1, 0.15) is 35.1 Å². The lowest BCUT2D eigenvalue weighted by Gasteiger charge is -2.17. The molecule has 1 aliphatic carbocycles. The van der Waals surface area contributed by atoms with E-state index in [1.165, 1.54) is 42.4 Å². The van der Waals surface area contributed by atoms with E-state index in [9.17, 15) is 0 Å². The molecule has 20 heavy (non-hydrogen) atoms. The number of aryl methyl sites for hydroxylation is 3. The lowest BCUT2D eigenvalue weighted by Crippen LogP contribution is -2.02. The first-order chi connectivity index (χ1) is 9.76. The molecule has 0 aliphatic heterocycles. The Bertz CT molecular complexity index is 619. The molecule has 0 saturated carbocycles. The van der Waals surface area contributed by atoms with Gasteiger partial charge in [-0.15, -0.1) is 11.6 Å². The SMILES string of the molecule is Cc1cc(Oc2ccc3c(c2)CCCC3)ccc1CCl. The van der Waals surface area contributed by atoms with E-state index in [1.54, 1.807) is 0 Å². The van der Waals surface area contributed by atoms with Gasteiger partial charge in [0.15, 0.2) is 0 Å². The molecule has 104 valence electrons. The number of hydrogen-bond acceptors (Lipinski definition) is 1. The highest BCUT2D eigenvalue weighted by atomic mass is 35.5. The minimum absolute atomic E-state index is 0.547. The van der Waals surface area contributed by atoms with Gasteiger partial charge in [0.1, 0.15) is 11.5 Å². The Morgan fingerprint density at radius 2 is 1.65 bits per heavy atom. The second-order valence-electron chi connectivity index (χ2n) is 5.46. The molecule has 3 rings (SSSR count). The van der Waals surface area contributed by atoms with E-state index < -0.39 is 0 Å². The van der Waals surface area contributed by atoms with E-state index in [1.807, 2.05) is 12.1 Å². The third-order valence-corrected chi connectivity index (χ3v) is 4.30. The molecule has 0 aromatic heterocycles. The summed E-state index contributed by atoms with van der Waals surface area (Å²) in [5, 5.41) is 0. The van der Waals surface area contributed by atoms with E-state index in [4.69, 9.17) is 16.3 Å². The fraction of sp³-hybridized carbons (Fsp3) is 0.333. The van der Waals surface area contributed by atoms with Crippen molar-refractivity contribution in [3.63, 3.8) is 0 Å². The molecule has 1 aliphatic rings. The first-order valence-electron chi connectivity index (χ1n) is 7.21. The summed E-state index contributed by atoms with van der Waals surface area (Å²) in [7, 11) is 0. The summed E-state index contributed by atoms with van der Waals surface area (Å²) >= 11 is 5.88. The van der Waals surface area contributed by atoms with Crippen LogP contribution in [-0.2, 0) is 18.7 Å². The monoisotopic (exact) mass is 286 g/mol. The smallest absolute Gasteiger partial charge is 0.127 e. The van der Waals surface area contributed by atoms with E-state index in [2.05, 4.69) is 31.2 Å². The van der Waals surface area contributed by atoms with Crippen LogP contribution in [-0.4, -0.2) is 0 Å². The highest BCUT2D eigenvalue weighted by molar-refractivity contribution is 6.17. The second kappa shape index (κ2) is 5.88. The number of ether oxygens (including phenoxy) is 1. The van der Waals surface area contributed by atoms with Gasteiger partial charge >= 0.3 is 0 Å². The molecule has 0 spiro atoms. The topological polar surface area (TPSA) is 9.23 Å². The summed E-state index contributed by atoms with van der Waals surface area (Å²) in [6.45, 7) is 2.07. The molecule has 2 heteroatoms. The van der Waals surface area contributed by atoms with E-state index in [-0.39, 0.29) is 0 Å². The van der Waals surface area contributed by atoms with Crippen LogP contribution in [0.3, 0.4) is 0 Å². The van der Waals surface area contributed by atoms with Crippen molar-refractivity contribution in [2.75, 3.05) is 0 Å². The average Bonchev–Trinajstić information content (AvgIpc) is 2.47. The molecule has 0 atom stereocenters. The largest absolute Gasteiger partial charge is 0.457 e. The zero-order chi connectivity index (χ0) is 13.9. The van der Waals surface area contributed by atoms with Crippen LogP contribution >= 0.6 is 11.6 Å². The zero-order valence-electron chi connectivity index (χ0n) is 11.8. The predicted octanol–water partition coefficient (Wildman–Crippen LogP) is 5.40. The molecule has 0 saturated heterocycles. The number of rotatable bonds is 3. The normalized spacial score (nSPS) is 13.9. The van der Waals surface area contributed by atoms with Crippen LogP contribution in [0.4, 0.5) is 0 Å². The van der Waals surface area contributed by atoms with Crippen molar-refractivity contribution in [1.29, 1.82) is 0 Å². The van der Waals surface area contributed by atoms with Crippen LogP contribution in [0.2, 0.25) is 0 Å². The summed E-state index contributed by atoms with van der Waals surface area (Å²) in [5.41, 5.74) is 5.26. The predicted molar refractivity (Wildman–Crippen MR) is 83.9 cm³/mol. The average molecular weight is 287 g/mol. The van der Waals surface area contributed by atoms with Gasteiger partial charge in [0.05, 0.1) is 0 Å². The maximum Gasteiger partial charge on any atom is 0.127 e. The minimum Gasteiger partial charge on any atom is -0.457 e. The summed E-state index contributed by atoms with van der Waals surface area (Å²) in [4.78, 5) is 0. The van der Waals surface area contributed by atoms with E-state index >= 15 is 0 Å². The Balaban J connectivity index is 1.82. The van der Waals surface area contributed by atoms with Gasteiger partial charge in [-0.1, -0.05) is 12.1 Å². The lowest BCUT2D eigenvalue weighted by molar-refractivity contribution is 0.480. The van der Waals surface area contributed by atoms with Crippen LogP contribution < -0.4 is 4.74 Å². The maximum atomic E-state index is 5.98. The van der Waals surface area contributed by atoms with Crippen molar-refractivity contribution >= 4 is 11.6 Å². The first kappa shape index (κ1) is 13.5. The molecule has 2 aromatic carbocycles. The van der Waals surface area contributed by atoms with Crippen molar-refractivity contribution in [2.24, 2.45) is 0 Å². The molecule has 0 N–H and O–H groups in total. The summed E-state index contributed by atoms with van der Waals surface area (Å²) in [6, 6.07) is 12.6. The number of halogens is 1. The van der Waals surface area contributed by atoms with Crippen molar-refractivity contribution in [3.05, 3.63) is 58.7 Å². The number of fused-ring (bicyclic) bond motifs is 1. The first-order valence-corrected chi connectivity index (χ1v) is 7.75. The molecular weight excluding hydrogens is 268 g/mol. The number of alkyl halides is 1. The van der Waals surface area contributed by atoms with Gasteiger partial charge in [-0.05, 0) is 79.1 Å². The second-order valence-corrected chi connectivity index (χ2v) is 5.73. The molecule has 0 amide bonds. The van der Waals surface area contributed by atoms with Gasteiger partial charge in [-0.25, -0.2) is 0 Å². The van der Waals surface area contributed by atoms with Gasteiger partial charge in [0.25, 0.3) is 0 Å². The molecular formula is C18H19ClO. The van der Waals surface area contributed by atoms with Crippen LogP contribution in [0.5, 0.6) is 11.5 Å². The van der Waals surface area contributed by atoms with Gasteiger partial charge < -0.3 is 4.74 Å². The minimum atomic E-state index is 0.547. The Hall–Kier alpha value is -1.47. The van der Waals surface area contributed by atoms with Crippen molar-refractivity contribution in [1.82, 2.24) is 0 Å². The van der Waals surface area contributed by atoms with Crippen LogP contribution in [0.25, 0.3) is 0 Å². The molecule has 2 aromatic rings. The Morgan fingerprint density at radius 3 is 2.40 bits per heavy atom. The highest BCUT2D eigenvalue weighted by Crippen LogP contribution is 2.29. The van der Waals surface area contributed by atoms with Crippen molar-refractivity contribution < 1.29 is 4.74 Å². The Kier molecular flexibility index (Phi) is 3.98. The standard InChI is InChI=1S/C18H19ClO/c1-13-10-17(9-7-16(13)12-19)20-18-8-6-14-4-2-3-5-15(14)11-18/h6-11H,2-5,12H2,1H3. The Morgan fingerprint density at radius 1 is 0.950 bits per heavy atom. The lowest BCUT2D eigenvalue weighted by atomic mass is 9.92. The molecule has 0 fully saturated rings.